The first-order valence-electron chi connectivity index (χ1n) is 6.51. The van der Waals surface area contributed by atoms with Crippen LogP contribution in [0.25, 0.3) is 0 Å². The Hall–Kier alpha value is -1.14. The molecule has 6 heteroatoms. The van der Waals surface area contributed by atoms with Crippen LogP contribution in [0.5, 0.6) is 0 Å². The fourth-order valence-electron chi connectivity index (χ4n) is 3.19. The van der Waals surface area contributed by atoms with E-state index >= 15 is 0 Å². The van der Waals surface area contributed by atoms with E-state index in [1.165, 1.54) is 0 Å². The van der Waals surface area contributed by atoms with Crippen molar-refractivity contribution in [1.29, 1.82) is 0 Å². The van der Waals surface area contributed by atoms with Crippen molar-refractivity contribution < 1.29 is 14.7 Å². The van der Waals surface area contributed by atoms with Crippen molar-refractivity contribution in [3.05, 3.63) is 0 Å². The summed E-state index contributed by atoms with van der Waals surface area (Å²) >= 11 is 0. The summed E-state index contributed by atoms with van der Waals surface area (Å²) in [5.74, 6) is -1.19. The number of carboxylic acids is 1. The monoisotopic (exact) mass is 255 g/mol. The van der Waals surface area contributed by atoms with Crippen LogP contribution in [-0.4, -0.2) is 53.1 Å². The van der Waals surface area contributed by atoms with Crippen LogP contribution in [0.15, 0.2) is 0 Å². The van der Waals surface area contributed by atoms with Crippen molar-refractivity contribution in [2.75, 3.05) is 19.6 Å². The van der Waals surface area contributed by atoms with Crippen LogP contribution in [0.3, 0.4) is 0 Å². The maximum atomic E-state index is 11.3. The number of carboxylic acid groups (broad SMARTS) is 1. The third-order valence-electron chi connectivity index (χ3n) is 4.09. The molecule has 0 radical (unpaired) electrons. The van der Waals surface area contributed by atoms with Gasteiger partial charge in [-0.15, -0.1) is 0 Å². The lowest BCUT2D eigenvalue weighted by molar-refractivity contribution is -0.144. The normalized spacial score (nSPS) is 22.9. The van der Waals surface area contributed by atoms with Crippen LogP contribution in [0.1, 0.15) is 32.1 Å². The molecule has 2 aliphatic rings. The molecule has 1 saturated heterocycles. The van der Waals surface area contributed by atoms with Crippen LogP contribution < -0.4 is 11.1 Å². The maximum Gasteiger partial charge on any atom is 0.305 e. The molecule has 102 valence electrons. The third kappa shape index (κ3) is 2.64. The highest BCUT2D eigenvalue weighted by Gasteiger charge is 2.47. The Labute approximate surface area is 107 Å². The Balaban J connectivity index is 2.14. The highest BCUT2D eigenvalue weighted by atomic mass is 16.4. The van der Waals surface area contributed by atoms with Crippen molar-refractivity contribution in [3.8, 4) is 0 Å². The van der Waals surface area contributed by atoms with Gasteiger partial charge in [0.1, 0.15) is 0 Å². The van der Waals surface area contributed by atoms with Gasteiger partial charge < -0.3 is 16.2 Å². The van der Waals surface area contributed by atoms with E-state index in [1.54, 1.807) is 0 Å². The molecule has 0 spiro atoms. The highest BCUT2D eigenvalue weighted by Crippen LogP contribution is 2.33. The van der Waals surface area contributed by atoms with Crippen molar-refractivity contribution in [2.24, 2.45) is 5.73 Å². The van der Waals surface area contributed by atoms with E-state index in [0.29, 0.717) is 19.1 Å². The minimum Gasteiger partial charge on any atom is -0.481 e. The molecule has 0 aromatic heterocycles. The third-order valence-corrected chi connectivity index (χ3v) is 4.09. The van der Waals surface area contributed by atoms with Gasteiger partial charge in [0.05, 0.1) is 18.5 Å². The SMILES string of the molecule is NC(=O)CN(C1CCCC1)C1(CC(=O)O)CNC1. The van der Waals surface area contributed by atoms with Crippen molar-refractivity contribution in [1.82, 2.24) is 10.2 Å². The fraction of sp³-hybridized carbons (Fsp3) is 0.833. The maximum absolute atomic E-state index is 11.3. The summed E-state index contributed by atoms with van der Waals surface area (Å²) in [6.45, 7) is 1.42. The summed E-state index contributed by atoms with van der Waals surface area (Å²) in [6.07, 6.45) is 4.44. The molecule has 1 aliphatic heterocycles. The molecule has 0 atom stereocenters. The molecule has 0 aromatic rings. The number of nitrogens with two attached hydrogens (primary N) is 1. The summed E-state index contributed by atoms with van der Waals surface area (Å²) in [5.41, 5.74) is 4.90. The summed E-state index contributed by atoms with van der Waals surface area (Å²) in [7, 11) is 0. The number of carbonyl (C=O) groups is 2. The number of aliphatic carboxylic acids is 1. The van der Waals surface area contributed by atoms with Crippen molar-refractivity contribution in [3.63, 3.8) is 0 Å². The van der Waals surface area contributed by atoms with E-state index in [2.05, 4.69) is 5.32 Å². The second-order valence-electron chi connectivity index (χ2n) is 5.43. The number of nitrogens with zero attached hydrogens (tertiary/aromatic N) is 1. The first kappa shape index (κ1) is 13.3. The molecule has 1 amide bonds. The molecular weight excluding hydrogens is 234 g/mol. The zero-order chi connectivity index (χ0) is 13.2. The van der Waals surface area contributed by atoms with Gasteiger partial charge >= 0.3 is 5.97 Å². The minimum absolute atomic E-state index is 0.0732. The van der Waals surface area contributed by atoms with Gasteiger partial charge in [-0.3, -0.25) is 14.5 Å². The number of primary amides is 1. The second-order valence-corrected chi connectivity index (χ2v) is 5.43. The zero-order valence-corrected chi connectivity index (χ0v) is 10.5. The zero-order valence-electron chi connectivity index (χ0n) is 10.5. The summed E-state index contributed by atoms with van der Waals surface area (Å²) < 4.78 is 0. The fourth-order valence-corrected chi connectivity index (χ4v) is 3.19. The summed E-state index contributed by atoms with van der Waals surface area (Å²) in [6, 6.07) is 0.305. The molecule has 1 aliphatic carbocycles. The average molecular weight is 255 g/mol. The molecule has 0 aromatic carbocycles. The first-order valence-corrected chi connectivity index (χ1v) is 6.51. The van der Waals surface area contributed by atoms with Crippen LogP contribution in [-0.2, 0) is 9.59 Å². The van der Waals surface area contributed by atoms with Gasteiger partial charge in [0.2, 0.25) is 5.91 Å². The molecule has 2 fully saturated rings. The highest BCUT2D eigenvalue weighted by molar-refractivity contribution is 5.76. The Morgan fingerprint density at radius 3 is 2.33 bits per heavy atom. The molecule has 6 nitrogen and oxygen atoms in total. The molecule has 2 rings (SSSR count). The van der Waals surface area contributed by atoms with Gasteiger partial charge in [-0.05, 0) is 12.8 Å². The number of nitrogens with one attached hydrogen (secondary N) is 1. The predicted octanol–water partition coefficient (Wildman–Crippen LogP) is -0.467. The van der Waals surface area contributed by atoms with E-state index in [1.807, 2.05) is 4.90 Å². The van der Waals surface area contributed by atoms with Gasteiger partial charge in [-0.1, -0.05) is 12.8 Å². The lowest BCUT2D eigenvalue weighted by Gasteiger charge is -2.52. The Bertz CT molecular complexity index is 335. The summed E-state index contributed by atoms with van der Waals surface area (Å²) in [4.78, 5) is 24.3. The van der Waals surface area contributed by atoms with Crippen molar-refractivity contribution in [2.45, 2.75) is 43.7 Å². The van der Waals surface area contributed by atoms with Crippen LogP contribution in [0.4, 0.5) is 0 Å². The Morgan fingerprint density at radius 1 is 1.33 bits per heavy atom. The van der Waals surface area contributed by atoms with Gasteiger partial charge in [-0.2, -0.15) is 0 Å². The van der Waals surface area contributed by atoms with E-state index in [-0.39, 0.29) is 18.9 Å². The molecular formula is C12H21N3O3. The van der Waals surface area contributed by atoms with Crippen molar-refractivity contribution >= 4 is 11.9 Å². The van der Waals surface area contributed by atoms with E-state index in [4.69, 9.17) is 10.8 Å². The Morgan fingerprint density at radius 2 is 1.94 bits per heavy atom. The molecule has 4 N–H and O–H groups in total. The van der Waals surface area contributed by atoms with Gasteiger partial charge in [0.15, 0.2) is 0 Å². The number of rotatable bonds is 6. The molecule has 1 heterocycles. The quantitative estimate of drug-likeness (QED) is 0.596. The Kier molecular flexibility index (Phi) is 3.87. The first-order chi connectivity index (χ1) is 8.53. The molecule has 18 heavy (non-hydrogen) atoms. The number of hydrogen-bond donors (Lipinski definition) is 3. The molecule has 0 bridgehead atoms. The number of amides is 1. The second kappa shape index (κ2) is 5.24. The van der Waals surface area contributed by atoms with Gasteiger partial charge in [0, 0.05) is 19.1 Å². The van der Waals surface area contributed by atoms with Gasteiger partial charge in [0.25, 0.3) is 0 Å². The topological polar surface area (TPSA) is 95.7 Å². The largest absolute Gasteiger partial charge is 0.481 e. The smallest absolute Gasteiger partial charge is 0.305 e. The predicted molar refractivity (Wildman–Crippen MR) is 66.0 cm³/mol. The average Bonchev–Trinajstić information content (AvgIpc) is 2.72. The molecule has 0 unspecified atom stereocenters. The standard InChI is InChI=1S/C12H21N3O3/c13-10(16)6-15(9-3-1-2-4-9)12(5-11(17)18)7-14-8-12/h9,14H,1-8H2,(H2,13,16)(H,17,18). The lowest BCUT2D eigenvalue weighted by Crippen LogP contribution is -2.72. The van der Waals surface area contributed by atoms with E-state index in [9.17, 15) is 9.59 Å². The number of carbonyl (C=O) groups excluding carboxylic acids is 1. The minimum atomic E-state index is -0.816. The van der Waals surface area contributed by atoms with E-state index < -0.39 is 11.5 Å². The van der Waals surface area contributed by atoms with Crippen LogP contribution >= 0.6 is 0 Å². The lowest BCUT2D eigenvalue weighted by atomic mass is 9.84. The van der Waals surface area contributed by atoms with Crippen LogP contribution in [0.2, 0.25) is 0 Å². The summed E-state index contributed by atoms with van der Waals surface area (Å²) in [5, 5.41) is 12.2. The van der Waals surface area contributed by atoms with Crippen LogP contribution in [0, 0.1) is 0 Å². The number of hydrogen-bond acceptors (Lipinski definition) is 4. The van der Waals surface area contributed by atoms with Gasteiger partial charge in [-0.25, -0.2) is 0 Å². The van der Waals surface area contributed by atoms with E-state index in [0.717, 1.165) is 25.7 Å². The molecule has 1 saturated carbocycles.